The molecule has 7 nitrogen and oxygen atoms in total. The molecule has 9 heteroatoms. The smallest absolute Gasteiger partial charge is 0.153 e. The molecular formula is C29H16N4O3S2. The number of nitriles is 2. The van der Waals surface area contributed by atoms with Crippen LogP contribution in [-0.2, 0) is 0 Å². The summed E-state index contributed by atoms with van der Waals surface area (Å²) in [4.78, 5) is 12.4. The Morgan fingerprint density at radius 2 is 1.39 bits per heavy atom. The molecule has 0 atom stereocenters. The monoisotopic (exact) mass is 532 g/mol. The Morgan fingerprint density at radius 3 is 1.89 bits per heavy atom. The molecule has 5 heterocycles. The van der Waals surface area contributed by atoms with Gasteiger partial charge in [0.15, 0.2) is 11.5 Å². The Balaban J connectivity index is 1.44. The minimum absolute atomic E-state index is 0.0498. The SMILES string of the molecule is C/C(=C/c1cc2oc(-c3ccc(-c4cc5sc(C=C(C#N)C#N)cc5o4)n3-c3ccccc3)cc2s1)N=O. The van der Waals surface area contributed by atoms with Gasteiger partial charge in [-0.25, -0.2) is 0 Å². The van der Waals surface area contributed by atoms with Crippen molar-refractivity contribution in [2.75, 3.05) is 0 Å². The number of nitroso groups, excluding NO2 is 1. The van der Waals surface area contributed by atoms with Crippen molar-refractivity contribution >= 4 is 55.4 Å². The van der Waals surface area contributed by atoms with Gasteiger partial charge in [0, 0.05) is 27.6 Å². The molecule has 0 aliphatic heterocycles. The number of hydrogen-bond acceptors (Lipinski definition) is 8. The van der Waals surface area contributed by atoms with Gasteiger partial charge in [-0.05, 0) is 60.7 Å². The fraction of sp³-hybridized carbons (Fsp3) is 0.0345. The standard InChI is InChI=1S/C29H16N4O3S2/c1-17(32-34)9-20-11-26-28(37-20)13-24(35-26)22-7-8-23(33(22)19-5-3-2-4-6-19)25-14-29-27(36-25)12-21(38-29)10-18(15-30)16-31/h2-14H,1H3/b17-9-. The molecule has 0 amide bonds. The quantitative estimate of drug-likeness (QED) is 0.157. The topological polar surface area (TPSA) is 108 Å². The highest BCUT2D eigenvalue weighted by Crippen LogP contribution is 2.40. The second kappa shape index (κ2) is 9.49. The Kier molecular flexibility index (Phi) is 5.85. The van der Waals surface area contributed by atoms with E-state index in [9.17, 15) is 4.91 Å². The average molecular weight is 533 g/mol. The average Bonchev–Trinajstić information content (AvgIpc) is 3.72. The van der Waals surface area contributed by atoms with Gasteiger partial charge in [-0.15, -0.1) is 27.6 Å². The summed E-state index contributed by atoms with van der Waals surface area (Å²) in [5, 5.41) is 21.1. The molecule has 0 fully saturated rings. The Morgan fingerprint density at radius 1 is 0.842 bits per heavy atom. The first-order valence-electron chi connectivity index (χ1n) is 11.4. The van der Waals surface area contributed by atoms with E-state index in [1.807, 2.05) is 78.9 Å². The minimum atomic E-state index is 0.0498. The summed E-state index contributed by atoms with van der Waals surface area (Å²) in [6, 6.07) is 25.5. The van der Waals surface area contributed by atoms with E-state index in [4.69, 9.17) is 19.4 Å². The van der Waals surface area contributed by atoms with Gasteiger partial charge in [0.2, 0.25) is 0 Å². The second-order valence-corrected chi connectivity index (χ2v) is 10.6. The maximum atomic E-state index is 10.7. The number of rotatable bonds is 6. The van der Waals surface area contributed by atoms with E-state index < -0.39 is 0 Å². The van der Waals surface area contributed by atoms with Crippen molar-refractivity contribution in [3.05, 3.63) is 92.7 Å². The predicted molar refractivity (Wildman–Crippen MR) is 151 cm³/mol. The molecule has 182 valence electrons. The number of aromatic nitrogens is 1. The van der Waals surface area contributed by atoms with Gasteiger partial charge in [-0.3, -0.25) is 0 Å². The van der Waals surface area contributed by atoms with Crippen molar-refractivity contribution in [2.45, 2.75) is 6.92 Å². The lowest BCUT2D eigenvalue weighted by Gasteiger charge is -2.11. The van der Waals surface area contributed by atoms with Crippen LogP contribution in [0.1, 0.15) is 16.7 Å². The van der Waals surface area contributed by atoms with Gasteiger partial charge < -0.3 is 13.4 Å². The maximum Gasteiger partial charge on any atom is 0.153 e. The number of nitrogens with zero attached hydrogens (tertiary/aromatic N) is 4. The predicted octanol–water partition coefficient (Wildman–Crippen LogP) is 8.98. The molecule has 0 aliphatic carbocycles. The molecular weight excluding hydrogens is 516 g/mol. The van der Waals surface area contributed by atoms with Crippen LogP contribution in [0.25, 0.3) is 61.3 Å². The Bertz CT molecular complexity index is 1900. The first-order valence-corrected chi connectivity index (χ1v) is 13.1. The lowest BCUT2D eigenvalue weighted by Crippen LogP contribution is -1.98. The first kappa shape index (κ1) is 23.4. The number of benzene rings is 1. The molecule has 6 aromatic rings. The maximum absolute atomic E-state index is 10.7. The summed E-state index contributed by atoms with van der Waals surface area (Å²) >= 11 is 2.99. The highest BCUT2D eigenvalue weighted by Gasteiger charge is 2.20. The van der Waals surface area contributed by atoms with Crippen molar-refractivity contribution in [3.8, 4) is 40.7 Å². The largest absolute Gasteiger partial charge is 0.454 e. The number of fused-ring (bicyclic) bond motifs is 2. The van der Waals surface area contributed by atoms with Crippen LogP contribution in [0.3, 0.4) is 0 Å². The highest BCUT2D eigenvalue weighted by atomic mass is 32.1. The molecule has 0 aliphatic rings. The lowest BCUT2D eigenvalue weighted by atomic mass is 10.2. The van der Waals surface area contributed by atoms with Crippen LogP contribution in [0, 0.1) is 27.6 Å². The van der Waals surface area contributed by atoms with Crippen molar-refractivity contribution in [1.29, 1.82) is 10.5 Å². The molecule has 38 heavy (non-hydrogen) atoms. The van der Waals surface area contributed by atoms with E-state index >= 15 is 0 Å². The summed E-state index contributed by atoms with van der Waals surface area (Å²) in [6.07, 6.45) is 3.30. The summed E-state index contributed by atoms with van der Waals surface area (Å²) in [5.41, 5.74) is 4.57. The normalized spacial score (nSPS) is 11.5. The number of thiophene rings is 2. The lowest BCUT2D eigenvalue weighted by molar-refractivity contribution is 0.621. The van der Waals surface area contributed by atoms with E-state index in [1.165, 1.54) is 22.7 Å². The molecule has 0 bridgehead atoms. The second-order valence-electron chi connectivity index (χ2n) is 8.41. The molecule has 5 aromatic heterocycles. The zero-order valence-corrected chi connectivity index (χ0v) is 21.5. The number of hydrogen-bond donors (Lipinski definition) is 0. The van der Waals surface area contributed by atoms with Crippen LogP contribution < -0.4 is 0 Å². The molecule has 0 radical (unpaired) electrons. The zero-order chi connectivity index (χ0) is 26.2. The van der Waals surface area contributed by atoms with Crippen LogP contribution in [0.2, 0.25) is 0 Å². The zero-order valence-electron chi connectivity index (χ0n) is 19.8. The van der Waals surface area contributed by atoms with Crippen LogP contribution >= 0.6 is 22.7 Å². The van der Waals surface area contributed by atoms with Crippen LogP contribution in [-0.4, -0.2) is 4.57 Å². The van der Waals surface area contributed by atoms with Gasteiger partial charge in [0.1, 0.15) is 28.9 Å². The first-order chi connectivity index (χ1) is 18.6. The molecule has 0 N–H and O–H groups in total. The fourth-order valence-corrected chi connectivity index (χ4v) is 6.22. The molecule has 0 saturated heterocycles. The molecule has 1 aromatic carbocycles. The van der Waals surface area contributed by atoms with Gasteiger partial charge in [0.05, 0.1) is 26.5 Å². The third kappa shape index (κ3) is 4.16. The van der Waals surface area contributed by atoms with Crippen molar-refractivity contribution in [1.82, 2.24) is 4.57 Å². The molecule has 6 rings (SSSR count). The number of allylic oxidation sites excluding steroid dienone is 2. The summed E-state index contributed by atoms with van der Waals surface area (Å²) < 4.78 is 16.5. The van der Waals surface area contributed by atoms with E-state index in [0.717, 1.165) is 41.8 Å². The van der Waals surface area contributed by atoms with Crippen molar-refractivity contribution in [2.24, 2.45) is 5.18 Å². The van der Waals surface area contributed by atoms with Gasteiger partial charge in [-0.1, -0.05) is 18.2 Å². The molecule has 0 unspecified atom stereocenters. The molecule has 0 spiro atoms. The minimum Gasteiger partial charge on any atom is -0.454 e. The van der Waals surface area contributed by atoms with E-state index in [0.29, 0.717) is 22.8 Å². The highest BCUT2D eigenvalue weighted by molar-refractivity contribution is 7.20. The molecule has 0 saturated carbocycles. The van der Waals surface area contributed by atoms with Gasteiger partial charge in [0.25, 0.3) is 0 Å². The van der Waals surface area contributed by atoms with Crippen LogP contribution in [0.15, 0.2) is 92.0 Å². The summed E-state index contributed by atoms with van der Waals surface area (Å²) in [6.45, 7) is 1.67. The van der Waals surface area contributed by atoms with E-state index in [1.54, 1.807) is 19.1 Å². The fourth-order valence-electron chi connectivity index (χ4n) is 4.24. The van der Waals surface area contributed by atoms with E-state index in [2.05, 4.69) is 9.74 Å². The van der Waals surface area contributed by atoms with E-state index in [-0.39, 0.29) is 5.57 Å². The summed E-state index contributed by atoms with van der Waals surface area (Å²) in [7, 11) is 0. The van der Waals surface area contributed by atoms with Gasteiger partial charge >= 0.3 is 0 Å². The van der Waals surface area contributed by atoms with Crippen molar-refractivity contribution < 1.29 is 8.83 Å². The number of para-hydroxylation sites is 1. The summed E-state index contributed by atoms with van der Waals surface area (Å²) in [5.74, 6) is 1.40. The third-order valence-electron chi connectivity index (χ3n) is 5.88. The third-order valence-corrected chi connectivity index (χ3v) is 7.90. The number of furan rings is 2. The van der Waals surface area contributed by atoms with Crippen molar-refractivity contribution in [3.63, 3.8) is 0 Å². The van der Waals surface area contributed by atoms with Gasteiger partial charge in [-0.2, -0.15) is 10.5 Å². The Labute approximate surface area is 224 Å². The Hall–Kier alpha value is -4.96. The van der Waals surface area contributed by atoms with Crippen LogP contribution in [0.5, 0.6) is 0 Å². The van der Waals surface area contributed by atoms with Crippen LogP contribution in [0.4, 0.5) is 0 Å².